The van der Waals surface area contributed by atoms with Crippen molar-refractivity contribution in [3.05, 3.63) is 39.5 Å². The quantitative estimate of drug-likeness (QED) is 0.858. The minimum absolute atomic E-state index is 0.291. The van der Waals surface area contributed by atoms with E-state index in [1.54, 1.807) is 16.0 Å². The lowest BCUT2D eigenvalue weighted by Crippen LogP contribution is -2.29. The molecule has 1 atom stereocenters. The molecule has 0 unspecified atom stereocenters. The van der Waals surface area contributed by atoms with Crippen LogP contribution in [0.5, 0.6) is 0 Å². The Bertz CT molecular complexity index is 701. The van der Waals surface area contributed by atoms with Crippen LogP contribution < -0.4 is 5.32 Å². The summed E-state index contributed by atoms with van der Waals surface area (Å²) in [5.41, 5.74) is 2.43. The number of rotatable bonds is 2. The smallest absolute Gasteiger partial charge is 0.338 e. The number of carbonyl (C=O) groups excluding carboxylic acids is 1. The number of esters is 1. The number of hydrogen-bond acceptors (Lipinski definition) is 6. The summed E-state index contributed by atoms with van der Waals surface area (Å²) in [7, 11) is 1.39. The maximum Gasteiger partial charge on any atom is 0.338 e. The molecule has 0 bridgehead atoms. The zero-order valence-corrected chi connectivity index (χ0v) is 12.2. The molecule has 3 heterocycles. The van der Waals surface area contributed by atoms with Crippen molar-refractivity contribution in [3.8, 4) is 0 Å². The summed E-state index contributed by atoms with van der Waals surface area (Å²) in [6.07, 6.45) is 1.48. The SMILES string of the molecule is COC(=O)C1=C(C)Nc2ncnn2[C@@H]1c1sccc1C. The maximum atomic E-state index is 12.1. The number of nitrogens with one attached hydrogen (secondary N) is 1. The van der Waals surface area contributed by atoms with E-state index in [4.69, 9.17) is 4.74 Å². The molecule has 0 amide bonds. The molecule has 7 heteroatoms. The second kappa shape index (κ2) is 4.75. The van der Waals surface area contributed by atoms with Crippen molar-refractivity contribution in [3.63, 3.8) is 0 Å². The van der Waals surface area contributed by atoms with Crippen molar-refractivity contribution in [2.75, 3.05) is 12.4 Å². The minimum atomic E-state index is -0.353. The summed E-state index contributed by atoms with van der Waals surface area (Å²) < 4.78 is 6.65. The molecular weight excluding hydrogens is 276 g/mol. The third-order valence-electron chi connectivity index (χ3n) is 3.35. The number of nitrogens with zero attached hydrogens (tertiary/aromatic N) is 3. The van der Waals surface area contributed by atoms with Crippen LogP contribution in [0.3, 0.4) is 0 Å². The predicted molar refractivity (Wildman–Crippen MR) is 75.6 cm³/mol. The fourth-order valence-corrected chi connectivity index (χ4v) is 3.39. The van der Waals surface area contributed by atoms with Crippen LogP contribution in [0.4, 0.5) is 5.95 Å². The minimum Gasteiger partial charge on any atom is -0.466 e. The third kappa shape index (κ3) is 1.82. The molecule has 0 saturated heterocycles. The lowest BCUT2D eigenvalue weighted by atomic mass is 10.00. The van der Waals surface area contributed by atoms with E-state index in [2.05, 4.69) is 15.4 Å². The zero-order valence-electron chi connectivity index (χ0n) is 11.4. The lowest BCUT2D eigenvalue weighted by Gasteiger charge is -2.27. The van der Waals surface area contributed by atoms with Gasteiger partial charge in [0, 0.05) is 10.6 Å². The first-order valence-corrected chi connectivity index (χ1v) is 7.01. The standard InChI is InChI=1S/C13H14N4O2S/c1-7-4-5-20-11(7)10-9(12(18)19-3)8(2)16-13-14-6-15-17(10)13/h4-6,10H,1-3H3,(H,14,15,16)/t10-/m0/s1. The van der Waals surface area contributed by atoms with Crippen LogP contribution in [-0.4, -0.2) is 27.8 Å². The average Bonchev–Trinajstić information content (AvgIpc) is 3.05. The van der Waals surface area contributed by atoms with E-state index in [0.29, 0.717) is 11.5 Å². The Morgan fingerprint density at radius 3 is 2.95 bits per heavy atom. The van der Waals surface area contributed by atoms with Crippen molar-refractivity contribution in [1.29, 1.82) is 0 Å². The first-order chi connectivity index (χ1) is 9.63. The van der Waals surface area contributed by atoms with Crippen LogP contribution in [0, 0.1) is 6.92 Å². The largest absolute Gasteiger partial charge is 0.466 e. The summed E-state index contributed by atoms with van der Waals surface area (Å²) >= 11 is 1.60. The monoisotopic (exact) mass is 290 g/mol. The van der Waals surface area contributed by atoms with E-state index < -0.39 is 0 Å². The lowest BCUT2D eigenvalue weighted by molar-refractivity contribution is -0.136. The van der Waals surface area contributed by atoms with Crippen LogP contribution in [0.1, 0.15) is 23.4 Å². The van der Waals surface area contributed by atoms with Gasteiger partial charge >= 0.3 is 5.97 Å². The number of fused-ring (bicyclic) bond motifs is 1. The summed E-state index contributed by atoms with van der Waals surface area (Å²) in [5.74, 6) is 0.280. The normalized spacial score (nSPS) is 17.6. The van der Waals surface area contributed by atoms with Crippen LogP contribution >= 0.6 is 11.3 Å². The first kappa shape index (κ1) is 12.9. The first-order valence-electron chi connectivity index (χ1n) is 6.13. The van der Waals surface area contributed by atoms with Crippen molar-refractivity contribution < 1.29 is 9.53 Å². The highest BCUT2D eigenvalue weighted by Gasteiger charge is 2.35. The van der Waals surface area contributed by atoms with Gasteiger partial charge in [0.25, 0.3) is 0 Å². The number of methoxy groups -OCH3 is 1. The fraction of sp³-hybridized carbons (Fsp3) is 0.308. The highest BCUT2D eigenvalue weighted by atomic mass is 32.1. The maximum absolute atomic E-state index is 12.1. The van der Waals surface area contributed by atoms with Gasteiger partial charge in [-0.05, 0) is 30.9 Å². The molecule has 20 heavy (non-hydrogen) atoms. The Morgan fingerprint density at radius 1 is 1.50 bits per heavy atom. The van der Waals surface area contributed by atoms with Crippen molar-refractivity contribution >= 4 is 23.3 Å². The number of hydrogen-bond donors (Lipinski definition) is 1. The summed E-state index contributed by atoms with van der Waals surface area (Å²) in [6, 6.07) is 1.74. The van der Waals surface area contributed by atoms with Gasteiger partial charge in [0.2, 0.25) is 5.95 Å². The molecule has 0 aromatic carbocycles. The molecule has 1 aliphatic heterocycles. The zero-order chi connectivity index (χ0) is 14.3. The van der Waals surface area contributed by atoms with Crippen molar-refractivity contribution in [1.82, 2.24) is 14.8 Å². The number of ether oxygens (including phenoxy) is 1. The van der Waals surface area contributed by atoms with Crippen molar-refractivity contribution in [2.24, 2.45) is 0 Å². The second-order valence-electron chi connectivity index (χ2n) is 4.55. The van der Waals surface area contributed by atoms with Gasteiger partial charge in [-0.3, -0.25) is 0 Å². The van der Waals surface area contributed by atoms with Gasteiger partial charge in [-0.2, -0.15) is 10.1 Å². The Kier molecular flexibility index (Phi) is 3.06. The molecule has 6 nitrogen and oxygen atoms in total. The van der Waals surface area contributed by atoms with Gasteiger partial charge in [0.15, 0.2) is 0 Å². The average molecular weight is 290 g/mol. The van der Waals surface area contributed by atoms with Gasteiger partial charge < -0.3 is 10.1 Å². The van der Waals surface area contributed by atoms with Gasteiger partial charge in [-0.15, -0.1) is 11.3 Å². The molecule has 104 valence electrons. The molecule has 3 rings (SSSR count). The summed E-state index contributed by atoms with van der Waals surface area (Å²) in [4.78, 5) is 17.4. The molecule has 1 N–H and O–H groups in total. The van der Waals surface area contributed by atoms with Crippen LogP contribution in [0.25, 0.3) is 0 Å². The Balaban J connectivity index is 2.21. The second-order valence-corrected chi connectivity index (χ2v) is 5.50. The number of carbonyl (C=O) groups is 1. The molecule has 0 aliphatic carbocycles. The number of thiophene rings is 1. The third-order valence-corrected chi connectivity index (χ3v) is 4.42. The van der Waals surface area contributed by atoms with Gasteiger partial charge in [0.05, 0.1) is 12.7 Å². The van der Waals surface area contributed by atoms with Gasteiger partial charge in [-0.1, -0.05) is 0 Å². The van der Waals surface area contributed by atoms with E-state index in [1.165, 1.54) is 13.4 Å². The van der Waals surface area contributed by atoms with E-state index in [9.17, 15) is 4.79 Å². The van der Waals surface area contributed by atoms with E-state index >= 15 is 0 Å². The molecule has 0 fully saturated rings. The van der Waals surface area contributed by atoms with Crippen molar-refractivity contribution in [2.45, 2.75) is 19.9 Å². The van der Waals surface area contributed by atoms with E-state index in [1.807, 2.05) is 25.3 Å². The number of allylic oxidation sites excluding steroid dienone is 1. The molecule has 0 saturated carbocycles. The molecule has 2 aromatic rings. The molecule has 2 aromatic heterocycles. The topological polar surface area (TPSA) is 69.0 Å². The van der Waals surface area contributed by atoms with Crippen LogP contribution in [-0.2, 0) is 9.53 Å². The Labute approximate surface area is 120 Å². The number of aryl methyl sites for hydroxylation is 1. The van der Waals surface area contributed by atoms with E-state index in [0.717, 1.165) is 16.1 Å². The van der Waals surface area contributed by atoms with E-state index in [-0.39, 0.29) is 12.0 Å². The molecule has 0 radical (unpaired) electrons. The summed E-state index contributed by atoms with van der Waals surface area (Å²) in [6.45, 7) is 3.87. The van der Waals surface area contributed by atoms with Crippen LogP contribution in [0.15, 0.2) is 29.0 Å². The van der Waals surface area contributed by atoms with Crippen LogP contribution in [0.2, 0.25) is 0 Å². The Hall–Kier alpha value is -2.15. The highest BCUT2D eigenvalue weighted by molar-refractivity contribution is 7.10. The molecular formula is C13H14N4O2S. The molecule has 0 spiro atoms. The summed E-state index contributed by atoms with van der Waals surface area (Å²) in [5, 5.41) is 9.34. The van der Waals surface area contributed by atoms with Gasteiger partial charge in [0.1, 0.15) is 12.4 Å². The predicted octanol–water partition coefficient (Wildman–Crippen LogP) is 2.11. The fourth-order valence-electron chi connectivity index (χ4n) is 2.37. The number of aromatic nitrogens is 3. The highest BCUT2D eigenvalue weighted by Crippen LogP contribution is 2.38. The Morgan fingerprint density at radius 2 is 2.30 bits per heavy atom. The number of anilines is 1. The van der Waals surface area contributed by atoms with Gasteiger partial charge in [-0.25, -0.2) is 9.48 Å². The molecule has 1 aliphatic rings.